The lowest BCUT2D eigenvalue weighted by Gasteiger charge is -2.58. The van der Waals surface area contributed by atoms with Crippen molar-refractivity contribution in [2.75, 3.05) is 0 Å². The molecule has 4 rings (SSSR count). The molecule has 25 heavy (non-hydrogen) atoms. The first kappa shape index (κ1) is 17.1. The van der Waals surface area contributed by atoms with Crippen molar-refractivity contribution in [1.29, 1.82) is 0 Å². The number of rotatable bonds is 4. The monoisotopic (exact) mass is 345 g/mol. The molecule has 4 aliphatic carbocycles. The fraction of sp³-hybridized carbons (Fsp3) is 0.810. The predicted octanol–water partition coefficient (Wildman–Crippen LogP) is 3.61. The second kappa shape index (κ2) is 6.14. The second-order valence-electron chi connectivity index (χ2n) is 9.32. The van der Waals surface area contributed by atoms with Crippen LogP contribution in [-0.4, -0.2) is 25.0 Å². The van der Waals surface area contributed by atoms with Crippen molar-refractivity contribution in [2.45, 2.75) is 77.4 Å². The zero-order chi connectivity index (χ0) is 17.7. The molecular formula is C21H31NO3. The van der Waals surface area contributed by atoms with Gasteiger partial charge in [-0.1, -0.05) is 25.5 Å². The summed E-state index contributed by atoms with van der Waals surface area (Å²) in [7, 11) is 0. The Hall–Kier alpha value is -1.32. The molecule has 4 heteroatoms. The number of carbonyl (C=O) groups excluding carboxylic acids is 2. The van der Waals surface area contributed by atoms with Gasteiger partial charge < -0.3 is 10.1 Å². The van der Waals surface area contributed by atoms with E-state index in [2.05, 4.69) is 25.2 Å². The van der Waals surface area contributed by atoms with Crippen LogP contribution in [0.2, 0.25) is 0 Å². The van der Waals surface area contributed by atoms with Gasteiger partial charge in [0.2, 0.25) is 6.41 Å². The highest BCUT2D eigenvalue weighted by atomic mass is 16.5. The molecule has 0 aromatic heterocycles. The Bertz CT molecular complexity index is 588. The Morgan fingerprint density at radius 2 is 1.96 bits per heavy atom. The minimum Gasteiger partial charge on any atom is -0.464 e. The first-order valence-corrected chi connectivity index (χ1v) is 10.0. The van der Waals surface area contributed by atoms with E-state index in [1.807, 2.05) is 0 Å². The van der Waals surface area contributed by atoms with E-state index in [1.54, 1.807) is 0 Å². The molecule has 0 radical (unpaired) electrons. The van der Waals surface area contributed by atoms with E-state index >= 15 is 0 Å². The van der Waals surface area contributed by atoms with Gasteiger partial charge in [0, 0.05) is 12.5 Å². The van der Waals surface area contributed by atoms with Gasteiger partial charge in [-0.2, -0.15) is 0 Å². The van der Waals surface area contributed by atoms with Crippen LogP contribution in [0.5, 0.6) is 0 Å². The standard InChI is InChI=1S/C21H31NO3/c1-20-9-7-15(25-13-24)11-14(20)3-4-16-17-5-6-19(22-12-23)21(17,2)10-8-18(16)20/h3,12-13,15-19H,4-11H2,1-2H3,(H,22,23)/t15-,16-,17-,18-,19+,20-,21-/m0/s1. The topological polar surface area (TPSA) is 55.4 Å². The van der Waals surface area contributed by atoms with Crippen LogP contribution in [0.15, 0.2) is 11.6 Å². The summed E-state index contributed by atoms with van der Waals surface area (Å²) < 4.78 is 5.28. The van der Waals surface area contributed by atoms with Gasteiger partial charge >= 0.3 is 0 Å². The number of allylic oxidation sites excluding steroid dienone is 1. The van der Waals surface area contributed by atoms with Gasteiger partial charge in [-0.05, 0) is 73.5 Å². The minimum absolute atomic E-state index is 0.0786. The summed E-state index contributed by atoms with van der Waals surface area (Å²) in [5, 5.41) is 3.12. The smallest absolute Gasteiger partial charge is 0.293 e. The van der Waals surface area contributed by atoms with Gasteiger partial charge in [0.05, 0.1) is 0 Å². The molecule has 0 unspecified atom stereocenters. The summed E-state index contributed by atoms with van der Waals surface area (Å²) in [6.45, 7) is 5.49. The molecule has 138 valence electrons. The molecule has 0 aliphatic heterocycles. The van der Waals surface area contributed by atoms with E-state index in [0.717, 1.165) is 56.3 Å². The lowest BCUT2D eigenvalue weighted by molar-refractivity contribution is -0.136. The highest BCUT2D eigenvalue weighted by Gasteiger charge is 2.58. The quantitative estimate of drug-likeness (QED) is 0.625. The molecule has 3 saturated carbocycles. The van der Waals surface area contributed by atoms with Gasteiger partial charge in [-0.3, -0.25) is 9.59 Å². The maximum Gasteiger partial charge on any atom is 0.293 e. The lowest BCUT2D eigenvalue weighted by Crippen LogP contribution is -2.53. The fourth-order valence-electron chi connectivity index (χ4n) is 7.18. The largest absolute Gasteiger partial charge is 0.464 e. The molecule has 0 aromatic carbocycles. The molecule has 4 aliphatic rings. The Kier molecular flexibility index (Phi) is 4.20. The van der Waals surface area contributed by atoms with Crippen molar-refractivity contribution in [1.82, 2.24) is 5.32 Å². The van der Waals surface area contributed by atoms with E-state index in [0.29, 0.717) is 12.5 Å². The van der Waals surface area contributed by atoms with Crippen LogP contribution >= 0.6 is 0 Å². The Labute approximate surface area is 150 Å². The molecule has 0 spiro atoms. The van der Waals surface area contributed by atoms with Crippen molar-refractivity contribution in [3.05, 3.63) is 11.6 Å². The number of fused-ring (bicyclic) bond motifs is 5. The van der Waals surface area contributed by atoms with Crippen molar-refractivity contribution in [3.8, 4) is 0 Å². The molecule has 3 fully saturated rings. The van der Waals surface area contributed by atoms with E-state index in [1.165, 1.54) is 24.8 Å². The fourth-order valence-corrected chi connectivity index (χ4v) is 7.18. The number of ether oxygens (including phenoxy) is 1. The third-order valence-electron chi connectivity index (χ3n) is 8.58. The molecule has 0 bridgehead atoms. The van der Waals surface area contributed by atoms with Crippen molar-refractivity contribution < 1.29 is 14.3 Å². The Morgan fingerprint density at radius 3 is 2.72 bits per heavy atom. The molecule has 0 heterocycles. The lowest BCUT2D eigenvalue weighted by atomic mass is 9.48. The maximum absolute atomic E-state index is 11.0. The summed E-state index contributed by atoms with van der Waals surface area (Å²) in [6.07, 6.45) is 12.5. The number of hydrogen-bond donors (Lipinski definition) is 1. The molecular weight excluding hydrogens is 314 g/mol. The van der Waals surface area contributed by atoms with Crippen LogP contribution in [0.1, 0.15) is 65.2 Å². The van der Waals surface area contributed by atoms with Crippen LogP contribution in [0.4, 0.5) is 0 Å². The molecule has 1 N–H and O–H groups in total. The minimum atomic E-state index is 0.0786. The van der Waals surface area contributed by atoms with Crippen LogP contribution in [0.3, 0.4) is 0 Å². The number of carbonyl (C=O) groups is 2. The van der Waals surface area contributed by atoms with E-state index < -0.39 is 0 Å². The van der Waals surface area contributed by atoms with E-state index in [-0.39, 0.29) is 16.9 Å². The summed E-state index contributed by atoms with van der Waals surface area (Å²) >= 11 is 0. The van der Waals surface area contributed by atoms with Crippen LogP contribution < -0.4 is 5.32 Å². The van der Waals surface area contributed by atoms with Gasteiger partial charge in [0.1, 0.15) is 6.10 Å². The third-order valence-corrected chi connectivity index (χ3v) is 8.58. The first-order valence-electron chi connectivity index (χ1n) is 10.0. The molecule has 0 saturated heterocycles. The van der Waals surface area contributed by atoms with Crippen LogP contribution in [0.25, 0.3) is 0 Å². The number of nitrogens with one attached hydrogen (secondary N) is 1. The van der Waals surface area contributed by atoms with Gasteiger partial charge in [-0.25, -0.2) is 0 Å². The Morgan fingerprint density at radius 1 is 1.12 bits per heavy atom. The van der Waals surface area contributed by atoms with Crippen molar-refractivity contribution in [2.24, 2.45) is 28.6 Å². The van der Waals surface area contributed by atoms with Crippen LogP contribution in [0, 0.1) is 28.6 Å². The summed E-state index contributed by atoms with van der Waals surface area (Å²) in [4.78, 5) is 21.7. The van der Waals surface area contributed by atoms with Gasteiger partial charge in [0.25, 0.3) is 6.47 Å². The molecule has 0 aromatic rings. The SMILES string of the molecule is C[C@]12CC[C@H]3[C@@H](CC=C4C[C@@H](OC=O)CC[C@@]43C)[C@@H]1CC[C@H]2NC=O. The van der Waals surface area contributed by atoms with Gasteiger partial charge in [-0.15, -0.1) is 0 Å². The average molecular weight is 345 g/mol. The number of amides is 1. The van der Waals surface area contributed by atoms with E-state index in [4.69, 9.17) is 4.74 Å². The highest BCUT2D eigenvalue weighted by Crippen LogP contribution is 2.64. The highest BCUT2D eigenvalue weighted by molar-refractivity contribution is 5.47. The zero-order valence-electron chi connectivity index (χ0n) is 15.5. The van der Waals surface area contributed by atoms with Crippen LogP contribution in [-0.2, 0) is 14.3 Å². The third kappa shape index (κ3) is 2.47. The molecule has 1 amide bonds. The van der Waals surface area contributed by atoms with Crippen molar-refractivity contribution in [3.63, 3.8) is 0 Å². The summed E-state index contributed by atoms with van der Waals surface area (Å²) in [5.41, 5.74) is 2.08. The first-order chi connectivity index (χ1) is 12.0. The zero-order valence-corrected chi connectivity index (χ0v) is 15.5. The summed E-state index contributed by atoms with van der Waals surface area (Å²) in [6, 6.07) is 0.353. The maximum atomic E-state index is 11.0. The Balaban J connectivity index is 1.59. The summed E-state index contributed by atoms with van der Waals surface area (Å²) in [5.74, 6) is 2.22. The molecule has 4 nitrogen and oxygen atoms in total. The normalized spacial score (nSPS) is 48.4. The number of hydrogen-bond acceptors (Lipinski definition) is 3. The average Bonchev–Trinajstić information content (AvgIpc) is 2.93. The predicted molar refractivity (Wildman–Crippen MR) is 95.6 cm³/mol. The molecule has 7 atom stereocenters. The second-order valence-corrected chi connectivity index (χ2v) is 9.32. The van der Waals surface area contributed by atoms with E-state index in [9.17, 15) is 9.59 Å². The van der Waals surface area contributed by atoms with Gasteiger partial charge in [0.15, 0.2) is 0 Å². The van der Waals surface area contributed by atoms with Crippen molar-refractivity contribution >= 4 is 12.9 Å².